The number of carbonyl (C=O) groups is 1. The molecule has 0 spiro atoms. The van der Waals surface area contributed by atoms with Crippen LogP contribution in [0.3, 0.4) is 0 Å². The van der Waals surface area contributed by atoms with Crippen LogP contribution in [0.15, 0.2) is 60.7 Å². The van der Waals surface area contributed by atoms with Crippen molar-refractivity contribution in [3.63, 3.8) is 0 Å². The molecule has 0 unspecified atom stereocenters. The van der Waals surface area contributed by atoms with Crippen LogP contribution in [0, 0.1) is 10.1 Å². The minimum Gasteiger partial charge on any atom is -0.484 e. The Balaban J connectivity index is 1.77. The van der Waals surface area contributed by atoms with E-state index >= 15 is 0 Å². The van der Waals surface area contributed by atoms with Crippen LogP contribution >= 0.6 is 0 Å². The third-order valence-corrected chi connectivity index (χ3v) is 4.14. The van der Waals surface area contributed by atoms with Crippen molar-refractivity contribution < 1.29 is 14.5 Å². The van der Waals surface area contributed by atoms with Crippen LogP contribution in [0.4, 0.5) is 11.5 Å². The number of nitrogens with zero attached hydrogens (tertiary/aromatic N) is 3. The maximum atomic E-state index is 12.4. The Kier molecular flexibility index (Phi) is 5.63. The van der Waals surface area contributed by atoms with E-state index in [9.17, 15) is 14.9 Å². The van der Waals surface area contributed by atoms with Crippen LogP contribution in [-0.2, 0) is 10.2 Å². The first-order chi connectivity index (χ1) is 13.7. The summed E-state index contributed by atoms with van der Waals surface area (Å²) < 4.78 is 7.08. The molecule has 29 heavy (non-hydrogen) atoms. The van der Waals surface area contributed by atoms with Crippen molar-refractivity contribution in [3.8, 4) is 11.4 Å². The van der Waals surface area contributed by atoms with E-state index in [-0.39, 0.29) is 23.5 Å². The fourth-order valence-electron chi connectivity index (χ4n) is 2.62. The second-order valence-corrected chi connectivity index (χ2v) is 7.50. The monoisotopic (exact) mass is 394 g/mol. The molecular weight excluding hydrogens is 372 g/mol. The van der Waals surface area contributed by atoms with Gasteiger partial charge in [-0.3, -0.25) is 14.9 Å². The van der Waals surface area contributed by atoms with Crippen LogP contribution in [0.5, 0.6) is 5.75 Å². The molecule has 0 aliphatic carbocycles. The average molecular weight is 394 g/mol. The van der Waals surface area contributed by atoms with Crippen LogP contribution in [0.2, 0.25) is 0 Å². The topological polar surface area (TPSA) is 99.3 Å². The summed E-state index contributed by atoms with van der Waals surface area (Å²) in [5.74, 6) is 0.379. The second kappa shape index (κ2) is 8.14. The number of nitro groups is 1. The summed E-state index contributed by atoms with van der Waals surface area (Å²) >= 11 is 0. The zero-order chi connectivity index (χ0) is 21.0. The van der Waals surface area contributed by atoms with Gasteiger partial charge in [-0.25, -0.2) is 4.68 Å². The quantitative estimate of drug-likeness (QED) is 0.501. The standard InChI is InChI=1S/C21H22N4O4/c1-21(2,3)18-13-19(24(23-18)15-8-5-4-6-9-15)22-20(26)14-29-17-11-7-10-16(12-17)25(27)28/h4-13H,14H2,1-3H3,(H,22,26). The minimum atomic E-state index is -0.515. The molecule has 0 fully saturated rings. The normalized spacial score (nSPS) is 11.1. The summed E-state index contributed by atoms with van der Waals surface area (Å²) in [7, 11) is 0. The number of aromatic nitrogens is 2. The van der Waals surface area contributed by atoms with Gasteiger partial charge in [0.05, 0.1) is 22.4 Å². The third kappa shape index (κ3) is 4.98. The Labute approximate surface area is 168 Å². The van der Waals surface area contributed by atoms with Crippen molar-refractivity contribution in [1.82, 2.24) is 9.78 Å². The molecular formula is C21H22N4O4. The number of amides is 1. The number of hydrogen-bond donors (Lipinski definition) is 1. The van der Waals surface area contributed by atoms with Gasteiger partial charge in [0.15, 0.2) is 6.61 Å². The molecule has 0 bridgehead atoms. The first kappa shape index (κ1) is 20.1. The molecule has 1 aromatic heterocycles. The molecule has 0 saturated heterocycles. The lowest BCUT2D eigenvalue weighted by atomic mass is 9.92. The van der Waals surface area contributed by atoms with Crippen molar-refractivity contribution >= 4 is 17.4 Å². The number of benzene rings is 2. The SMILES string of the molecule is CC(C)(C)c1cc(NC(=O)COc2cccc([N+](=O)[O-])c2)n(-c2ccccc2)n1. The number of rotatable bonds is 6. The molecule has 3 aromatic rings. The zero-order valence-corrected chi connectivity index (χ0v) is 16.5. The molecule has 0 aliphatic heterocycles. The molecule has 1 heterocycles. The highest BCUT2D eigenvalue weighted by molar-refractivity contribution is 5.91. The number of non-ortho nitro benzene ring substituents is 1. The van der Waals surface area contributed by atoms with E-state index < -0.39 is 10.8 Å². The summed E-state index contributed by atoms with van der Waals surface area (Å²) in [6.07, 6.45) is 0. The highest BCUT2D eigenvalue weighted by atomic mass is 16.6. The Morgan fingerprint density at radius 2 is 1.86 bits per heavy atom. The lowest BCUT2D eigenvalue weighted by Crippen LogP contribution is -2.21. The third-order valence-electron chi connectivity index (χ3n) is 4.14. The highest BCUT2D eigenvalue weighted by Crippen LogP contribution is 2.26. The molecule has 8 heteroatoms. The fourth-order valence-corrected chi connectivity index (χ4v) is 2.62. The van der Waals surface area contributed by atoms with Crippen molar-refractivity contribution in [3.05, 3.63) is 76.5 Å². The number of para-hydroxylation sites is 1. The van der Waals surface area contributed by atoms with E-state index in [2.05, 4.69) is 10.4 Å². The Hall–Kier alpha value is -3.68. The first-order valence-corrected chi connectivity index (χ1v) is 9.07. The van der Waals surface area contributed by atoms with E-state index in [0.29, 0.717) is 5.82 Å². The zero-order valence-electron chi connectivity index (χ0n) is 16.5. The molecule has 0 atom stereocenters. The summed E-state index contributed by atoms with van der Waals surface area (Å²) in [6.45, 7) is 5.84. The minimum absolute atomic E-state index is 0.0973. The van der Waals surface area contributed by atoms with E-state index in [4.69, 9.17) is 4.74 Å². The Morgan fingerprint density at radius 3 is 2.52 bits per heavy atom. The predicted molar refractivity (Wildman–Crippen MR) is 109 cm³/mol. The van der Waals surface area contributed by atoms with Gasteiger partial charge in [-0.1, -0.05) is 45.0 Å². The summed E-state index contributed by atoms with van der Waals surface area (Å²) in [4.78, 5) is 22.8. The molecule has 0 radical (unpaired) electrons. The summed E-state index contributed by atoms with van der Waals surface area (Å²) in [5.41, 5.74) is 1.35. The van der Waals surface area contributed by atoms with Crippen LogP contribution < -0.4 is 10.1 Å². The lowest BCUT2D eigenvalue weighted by Gasteiger charge is -2.14. The van der Waals surface area contributed by atoms with Gasteiger partial charge in [-0.2, -0.15) is 5.10 Å². The number of carbonyl (C=O) groups excluding carboxylic acids is 1. The van der Waals surface area contributed by atoms with Gasteiger partial charge < -0.3 is 10.1 Å². The van der Waals surface area contributed by atoms with E-state index in [1.807, 2.05) is 57.2 Å². The second-order valence-electron chi connectivity index (χ2n) is 7.50. The number of nitro benzene ring substituents is 1. The Bertz CT molecular complexity index is 1020. The first-order valence-electron chi connectivity index (χ1n) is 9.07. The van der Waals surface area contributed by atoms with Crippen LogP contribution in [0.25, 0.3) is 5.69 Å². The maximum absolute atomic E-state index is 12.4. The van der Waals surface area contributed by atoms with Gasteiger partial charge in [0.25, 0.3) is 11.6 Å². The van der Waals surface area contributed by atoms with Crippen LogP contribution in [0.1, 0.15) is 26.5 Å². The predicted octanol–water partition coefficient (Wildman–Crippen LogP) is 4.10. The molecule has 2 aromatic carbocycles. The molecule has 8 nitrogen and oxygen atoms in total. The van der Waals surface area contributed by atoms with Crippen molar-refractivity contribution in [2.75, 3.05) is 11.9 Å². The highest BCUT2D eigenvalue weighted by Gasteiger charge is 2.21. The van der Waals surface area contributed by atoms with Gasteiger partial charge in [0, 0.05) is 17.5 Å². The van der Waals surface area contributed by atoms with Gasteiger partial charge in [-0.15, -0.1) is 0 Å². The average Bonchev–Trinajstić information content (AvgIpc) is 3.11. The number of ether oxygens (including phenoxy) is 1. The van der Waals surface area contributed by atoms with Gasteiger partial charge in [0.1, 0.15) is 11.6 Å². The largest absolute Gasteiger partial charge is 0.484 e. The van der Waals surface area contributed by atoms with Gasteiger partial charge in [0.2, 0.25) is 0 Å². The van der Waals surface area contributed by atoms with E-state index in [1.54, 1.807) is 10.7 Å². The molecule has 0 aliphatic rings. The van der Waals surface area contributed by atoms with Crippen molar-refractivity contribution in [2.24, 2.45) is 0 Å². The van der Waals surface area contributed by atoms with E-state index in [1.165, 1.54) is 18.2 Å². The summed E-state index contributed by atoms with van der Waals surface area (Å²) in [5, 5.41) is 18.3. The maximum Gasteiger partial charge on any atom is 0.273 e. The fraction of sp³-hybridized carbons (Fsp3) is 0.238. The molecule has 1 N–H and O–H groups in total. The van der Waals surface area contributed by atoms with E-state index in [0.717, 1.165) is 11.4 Å². The van der Waals surface area contributed by atoms with Gasteiger partial charge in [-0.05, 0) is 18.2 Å². The van der Waals surface area contributed by atoms with Gasteiger partial charge >= 0.3 is 0 Å². The number of hydrogen-bond acceptors (Lipinski definition) is 5. The smallest absolute Gasteiger partial charge is 0.273 e. The van der Waals surface area contributed by atoms with Crippen molar-refractivity contribution in [1.29, 1.82) is 0 Å². The summed E-state index contributed by atoms with van der Waals surface area (Å²) in [6, 6.07) is 17.0. The number of anilines is 1. The molecule has 150 valence electrons. The number of nitrogens with one attached hydrogen (secondary N) is 1. The Morgan fingerprint density at radius 1 is 1.14 bits per heavy atom. The molecule has 0 saturated carbocycles. The van der Waals surface area contributed by atoms with Crippen LogP contribution in [-0.4, -0.2) is 27.2 Å². The van der Waals surface area contributed by atoms with Crippen molar-refractivity contribution in [2.45, 2.75) is 26.2 Å². The lowest BCUT2D eigenvalue weighted by molar-refractivity contribution is -0.384. The molecule has 1 amide bonds. The molecule has 3 rings (SSSR count).